The van der Waals surface area contributed by atoms with Crippen LogP contribution in [0.1, 0.15) is 5.56 Å². The van der Waals surface area contributed by atoms with E-state index in [9.17, 15) is 5.11 Å². The van der Waals surface area contributed by atoms with Gasteiger partial charge in [-0.25, -0.2) is 0 Å². The molecule has 2 N–H and O–H groups in total. The van der Waals surface area contributed by atoms with E-state index in [2.05, 4.69) is 0 Å². The Hall–Kier alpha value is -1.12. The standard InChI is InChI=1S/C11H14O2/c12-8-4-7-11(13)9-10-5-2-1-3-6-10/h1-7,11-13H,8-9H2/b7-4-. The van der Waals surface area contributed by atoms with Crippen molar-refractivity contribution in [3.8, 4) is 0 Å². The molecule has 70 valence electrons. The van der Waals surface area contributed by atoms with Crippen molar-refractivity contribution in [3.63, 3.8) is 0 Å². The van der Waals surface area contributed by atoms with Gasteiger partial charge in [-0.05, 0) is 5.56 Å². The minimum absolute atomic E-state index is 0.0220. The molecular formula is C11H14O2. The number of aliphatic hydroxyl groups is 2. The van der Waals surface area contributed by atoms with Crippen LogP contribution >= 0.6 is 0 Å². The molecule has 0 saturated heterocycles. The molecule has 0 fully saturated rings. The predicted molar refractivity (Wildman–Crippen MR) is 52.4 cm³/mol. The second-order valence-corrected chi connectivity index (χ2v) is 2.87. The summed E-state index contributed by atoms with van der Waals surface area (Å²) in [6.07, 6.45) is 3.24. The zero-order chi connectivity index (χ0) is 9.52. The fourth-order valence-corrected chi connectivity index (χ4v) is 1.14. The minimum Gasteiger partial charge on any atom is -0.392 e. The molecule has 1 unspecified atom stereocenters. The van der Waals surface area contributed by atoms with Crippen LogP contribution in [-0.2, 0) is 6.42 Å². The van der Waals surface area contributed by atoms with Crippen LogP contribution < -0.4 is 0 Å². The lowest BCUT2D eigenvalue weighted by Crippen LogP contribution is -2.06. The Balaban J connectivity index is 2.45. The molecule has 0 heterocycles. The van der Waals surface area contributed by atoms with Gasteiger partial charge in [0.25, 0.3) is 0 Å². The summed E-state index contributed by atoms with van der Waals surface area (Å²) in [5.74, 6) is 0. The molecule has 13 heavy (non-hydrogen) atoms. The lowest BCUT2D eigenvalue weighted by molar-refractivity contribution is 0.222. The van der Waals surface area contributed by atoms with Crippen LogP contribution in [0.4, 0.5) is 0 Å². The normalized spacial score (nSPS) is 13.4. The van der Waals surface area contributed by atoms with E-state index >= 15 is 0 Å². The van der Waals surface area contributed by atoms with Gasteiger partial charge < -0.3 is 10.2 Å². The van der Waals surface area contributed by atoms with Crippen molar-refractivity contribution in [1.29, 1.82) is 0 Å². The first kappa shape index (κ1) is 9.96. The molecule has 0 aliphatic heterocycles. The third-order valence-corrected chi connectivity index (χ3v) is 1.75. The van der Waals surface area contributed by atoms with Gasteiger partial charge in [0.05, 0.1) is 12.7 Å². The number of hydrogen-bond donors (Lipinski definition) is 2. The molecule has 0 saturated carbocycles. The summed E-state index contributed by atoms with van der Waals surface area (Å²) >= 11 is 0. The second-order valence-electron chi connectivity index (χ2n) is 2.87. The molecule has 0 bridgehead atoms. The lowest BCUT2D eigenvalue weighted by Gasteiger charge is -2.04. The quantitative estimate of drug-likeness (QED) is 0.679. The van der Waals surface area contributed by atoms with E-state index in [1.165, 1.54) is 0 Å². The van der Waals surface area contributed by atoms with Crippen molar-refractivity contribution in [1.82, 2.24) is 0 Å². The molecule has 2 heteroatoms. The maximum Gasteiger partial charge on any atom is 0.0762 e. The molecule has 0 amide bonds. The van der Waals surface area contributed by atoms with Crippen molar-refractivity contribution in [2.24, 2.45) is 0 Å². The van der Waals surface area contributed by atoms with Crippen LogP contribution in [0.15, 0.2) is 42.5 Å². The van der Waals surface area contributed by atoms with Crippen LogP contribution in [0.5, 0.6) is 0 Å². The third-order valence-electron chi connectivity index (χ3n) is 1.75. The highest BCUT2D eigenvalue weighted by molar-refractivity contribution is 5.16. The van der Waals surface area contributed by atoms with Gasteiger partial charge in [0, 0.05) is 6.42 Å². The van der Waals surface area contributed by atoms with E-state index in [0.717, 1.165) is 5.56 Å². The Morgan fingerprint density at radius 2 is 1.92 bits per heavy atom. The van der Waals surface area contributed by atoms with Gasteiger partial charge in [0.2, 0.25) is 0 Å². The van der Waals surface area contributed by atoms with Crippen molar-refractivity contribution < 1.29 is 10.2 Å². The molecule has 1 aromatic rings. The molecule has 1 atom stereocenters. The highest BCUT2D eigenvalue weighted by Crippen LogP contribution is 2.03. The zero-order valence-electron chi connectivity index (χ0n) is 7.43. The smallest absolute Gasteiger partial charge is 0.0762 e. The minimum atomic E-state index is -0.505. The molecule has 0 spiro atoms. The van der Waals surface area contributed by atoms with E-state index < -0.39 is 6.10 Å². The second kappa shape index (κ2) is 5.51. The Morgan fingerprint density at radius 3 is 2.54 bits per heavy atom. The average molecular weight is 178 g/mol. The number of hydrogen-bond acceptors (Lipinski definition) is 2. The van der Waals surface area contributed by atoms with E-state index in [1.807, 2.05) is 30.3 Å². The summed E-state index contributed by atoms with van der Waals surface area (Å²) in [6.45, 7) is -0.0220. The predicted octanol–water partition coefficient (Wildman–Crippen LogP) is 1.14. The van der Waals surface area contributed by atoms with Crippen molar-refractivity contribution in [2.45, 2.75) is 12.5 Å². The Bertz CT molecular complexity index is 254. The van der Waals surface area contributed by atoms with Crippen molar-refractivity contribution in [3.05, 3.63) is 48.0 Å². The Morgan fingerprint density at radius 1 is 1.23 bits per heavy atom. The molecule has 0 radical (unpaired) electrons. The summed E-state index contributed by atoms with van der Waals surface area (Å²) in [5, 5.41) is 17.9. The fraction of sp³-hybridized carbons (Fsp3) is 0.273. The number of aliphatic hydroxyl groups excluding tert-OH is 2. The largest absolute Gasteiger partial charge is 0.392 e. The summed E-state index contributed by atoms with van der Waals surface area (Å²) in [5.41, 5.74) is 1.09. The van der Waals surface area contributed by atoms with Gasteiger partial charge in [-0.15, -0.1) is 0 Å². The third kappa shape index (κ3) is 3.87. The maximum absolute atomic E-state index is 9.44. The summed E-state index contributed by atoms with van der Waals surface area (Å²) in [7, 11) is 0. The molecule has 1 rings (SSSR count). The van der Waals surface area contributed by atoms with Gasteiger partial charge in [-0.1, -0.05) is 42.5 Å². The first-order chi connectivity index (χ1) is 6.33. The molecular weight excluding hydrogens is 164 g/mol. The Kier molecular flexibility index (Phi) is 4.23. The van der Waals surface area contributed by atoms with Crippen molar-refractivity contribution in [2.75, 3.05) is 6.61 Å². The van der Waals surface area contributed by atoms with E-state index in [4.69, 9.17) is 5.11 Å². The highest BCUT2D eigenvalue weighted by Gasteiger charge is 1.99. The maximum atomic E-state index is 9.44. The zero-order valence-corrected chi connectivity index (χ0v) is 7.43. The number of benzene rings is 1. The van der Waals surface area contributed by atoms with Crippen molar-refractivity contribution >= 4 is 0 Å². The van der Waals surface area contributed by atoms with Crippen LogP contribution in [0.3, 0.4) is 0 Å². The van der Waals surface area contributed by atoms with Gasteiger partial charge in [0.1, 0.15) is 0 Å². The van der Waals surface area contributed by atoms with Crippen LogP contribution in [-0.4, -0.2) is 22.9 Å². The number of rotatable bonds is 4. The highest BCUT2D eigenvalue weighted by atomic mass is 16.3. The molecule has 1 aromatic carbocycles. The van der Waals surface area contributed by atoms with Gasteiger partial charge in [-0.3, -0.25) is 0 Å². The molecule has 2 nitrogen and oxygen atoms in total. The summed E-state index contributed by atoms with van der Waals surface area (Å²) in [6, 6.07) is 9.76. The van der Waals surface area contributed by atoms with Crippen LogP contribution in [0.2, 0.25) is 0 Å². The molecule has 0 aliphatic rings. The van der Waals surface area contributed by atoms with Gasteiger partial charge in [0.15, 0.2) is 0 Å². The summed E-state index contributed by atoms with van der Waals surface area (Å²) in [4.78, 5) is 0. The first-order valence-electron chi connectivity index (χ1n) is 4.32. The lowest BCUT2D eigenvalue weighted by atomic mass is 10.1. The fourth-order valence-electron chi connectivity index (χ4n) is 1.14. The van der Waals surface area contributed by atoms with E-state index in [1.54, 1.807) is 12.2 Å². The topological polar surface area (TPSA) is 40.5 Å². The molecule has 0 aromatic heterocycles. The van der Waals surface area contributed by atoms with Crippen LogP contribution in [0.25, 0.3) is 0 Å². The van der Waals surface area contributed by atoms with Crippen LogP contribution in [0, 0.1) is 0 Å². The van der Waals surface area contributed by atoms with Gasteiger partial charge in [-0.2, -0.15) is 0 Å². The van der Waals surface area contributed by atoms with E-state index in [0.29, 0.717) is 6.42 Å². The summed E-state index contributed by atoms with van der Waals surface area (Å²) < 4.78 is 0. The monoisotopic (exact) mass is 178 g/mol. The Labute approximate surface area is 78.2 Å². The van der Waals surface area contributed by atoms with Gasteiger partial charge >= 0.3 is 0 Å². The molecule has 0 aliphatic carbocycles. The SMILES string of the molecule is OC/C=C\C(O)Cc1ccccc1. The first-order valence-corrected chi connectivity index (χ1v) is 4.32. The van der Waals surface area contributed by atoms with E-state index in [-0.39, 0.29) is 6.61 Å². The average Bonchev–Trinajstić information content (AvgIpc) is 2.16.